The van der Waals surface area contributed by atoms with Crippen LogP contribution in [0.4, 0.5) is 5.69 Å². The number of aliphatic hydroxyl groups is 1. The van der Waals surface area contributed by atoms with Crippen LogP contribution in [0, 0.1) is 6.92 Å². The van der Waals surface area contributed by atoms with Crippen LogP contribution in [0.5, 0.6) is 11.5 Å². The minimum absolute atomic E-state index is 0.0687. The van der Waals surface area contributed by atoms with Gasteiger partial charge in [0.25, 0.3) is 11.7 Å². The highest BCUT2D eigenvalue weighted by Crippen LogP contribution is 2.44. The number of aliphatic hydroxyl groups excluding tert-OH is 1. The number of ketones is 1. The maximum Gasteiger partial charge on any atom is 0.309 e. The molecule has 3 aromatic rings. The number of Topliss-reactive ketones (excluding diaryl/α,β-unsaturated/α-hetero) is 1. The third-order valence-electron chi connectivity index (χ3n) is 6.25. The third kappa shape index (κ3) is 4.91. The normalized spacial score (nSPS) is 16.5. The molecule has 37 heavy (non-hydrogen) atoms. The lowest BCUT2D eigenvalue weighted by Crippen LogP contribution is -2.29. The standard InChI is InChI=1S/C29H27NO7/c1-17-8-13-23(36-3)22(14-17)27(32)25-26(19-6-5-7-21(16-19)35-2)30(29(34)28(25)33)20-11-9-18(10-12-20)15-24(31)37-4/h5-14,16,26,32H,15H2,1-4H3/b27-25+. The summed E-state index contributed by atoms with van der Waals surface area (Å²) in [5, 5.41) is 11.5. The molecule has 1 unspecified atom stereocenters. The first-order valence-electron chi connectivity index (χ1n) is 11.5. The van der Waals surface area contributed by atoms with Gasteiger partial charge in [-0.25, -0.2) is 0 Å². The van der Waals surface area contributed by atoms with Gasteiger partial charge >= 0.3 is 5.97 Å². The highest BCUT2D eigenvalue weighted by atomic mass is 16.5. The first-order chi connectivity index (χ1) is 17.8. The lowest BCUT2D eigenvalue weighted by molar-refractivity contribution is -0.139. The van der Waals surface area contributed by atoms with Crippen molar-refractivity contribution in [2.75, 3.05) is 26.2 Å². The van der Waals surface area contributed by atoms with Crippen molar-refractivity contribution in [1.82, 2.24) is 0 Å². The van der Waals surface area contributed by atoms with Crippen molar-refractivity contribution in [3.8, 4) is 11.5 Å². The van der Waals surface area contributed by atoms with Crippen molar-refractivity contribution in [2.24, 2.45) is 0 Å². The highest BCUT2D eigenvalue weighted by Gasteiger charge is 2.47. The Labute approximate surface area is 214 Å². The molecule has 1 aliphatic rings. The number of aryl methyl sites for hydroxylation is 1. The van der Waals surface area contributed by atoms with E-state index >= 15 is 0 Å². The maximum absolute atomic E-state index is 13.4. The molecule has 1 heterocycles. The Hall–Kier alpha value is -4.59. The third-order valence-corrected chi connectivity index (χ3v) is 6.25. The van der Waals surface area contributed by atoms with Gasteiger partial charge in [-0.05, 0) is 54.4 Å². The summed E-state index contributed by atoms with van der Waals surface area (Å²) in [5.41, 5.74) is 2.78. The molecule has 4 rings (SSSR count). The van der Waals surface area contributed by atoms with Crippen LogP contribution >= 0.6 is 0 Å². The average molecular weight is 502 g/mol. The van der Waals surface area contributed by atoms with Crippen molar-refractivity contribution in [1.29, 1.82) is 0 Å². The van der Waals surface area contributed by atoms with E-state index in [9.17, 15) is 19.5 Å². The van der Waals surface area contributed by atoms with Crippen molar-refractivity contribution >= 4 is 29.1 Å². The Morgan fingerprint density at radius 3 is 2.32 bits per heavy atom. The fraction of sp³-hybridized carbons (Fsp3) is 0.207. The predicted molar refractivity (Wildman–Crippen MR) is 138 cm³/mol. The van der Waals surface area contributed by atoms with Crippen LogP contribution in [0.3, 0.4) is 0 Å². The number of benzene rings is 3. The molecule has 1 amide bonds. The van der Waals surface area contributed by atoms with Gasteiger partial charge < -0.3 is 19.3 Å². The second-order valence-corrected chi connectivity index (χ2v) is 8.57. The molecule has 0 aromatic heterocycles. The fourth-order valence-electron chi connectivity index (χ4n) is 4.39. The second kappa shape index (κ2) is 10.6. The minimum atomic E-state index is -0.938. The number of amides is 1. The molecular weight excluding hydrogens is 474 g/mol. The van der Waals surface area contributed by atoms with E-state index < -0.39 is 23.7 Å². The Balaban J connectivity index is 1.91. The number of nitrogens with zero attached hydrogens (tertiary/aromatic N) is 1. The van der Waals surface area contributed by atoms with Gasteiger partial charge in [0.1, 0.15) is 17.3 Å². The maximum atomic E-state index is 13.4. The number of anilines is 1. The van der Waals surface area contributed by atoms with E-state index in [-0.39, 0.29) is 17.8 Å². The smallest absolute Gasteiger partial charge is 0.309 e. The van der Waals surface area contributed by atoms with Crippen LogP contribution in [0.15, 0.2) is 72.3 Å². The summed E-state index contributed by atoms with van der Waals surface area (Å²) in [6, 6.07) is 18.0. The number of carbonyl (C=O) groups is 3. The molecule has 190 valence electrons. The molecule has 8 nitrogen and oxygen atoms in total. The zero-order chi connectivity index (χ0) is 26.7. The number of hydrogen-bond acceptors (Lipinski definition) is 7. The molecule has 1 N–H and O–H groups in total. The van der Waals surface area contributed by atoms with E-state index in [0.29, 0.717) is 33.9 Å². The van der Waals surface area contributed by atoms with Gasteiger partial charge in [-0.2, -0.15) is 0 Å². The van der Waals surface area contributed by atoms with Crippen LogP contribution in [0.2, 0.25) is 0 Å². The predicted octanol–water partition coefficient (Wildman–Crippen LogP) is 4.35. The molecule has 1 fully saturated rings. The summed E-state index contributed by atoms with van der Waals surface area (Å²) in [6.07, 6.45) is 0.0715. The zero-order valence-corrected chi connectivity index (χ0v) is 21.0. The second-order valence-electron chi connectivity index (χ2n) is 8.57. The van der Waals surface area contributed by atoms with Gasteiger partial charge in [-0.3, -0.25) is 19.3 Å². The number of ether oxygens (including phenoxy) is 3. The highest BCUT2D eigenvalue weighted by molar-refractivity contribution is 6.51. The quantitative estimate of drug-likeness (QED) is 0.222. The molecule has 1 aliphatic heterocycles. The largest absolute Gasteiger partial charge is 0.507 e. The van der Waals surface area contributed by atoms with Crippen LogP contribution in [-0.2, 0) is 25.5 Å². The topological polar surface area (TPSA) is 102 Å². The van der Waals surface area contributed by atoms with Gasteiger partial charge in [-0.1, -0.05) is 35.9 Å². The molecular formula is C29H27NO7. The molecule has 1 saturated heterocycles. The number of hydrogen-bond donors (Lipinski definition) is 1. The Kier molecular flexibility index (Phi) is 7.29. The minimum Gasteiger partial charge on any atom is -0.507 e. The van der Waals surface area contributed by atoms with Crippen LogP contribution in [0.25, 0.3) is 5.76 Å². The van der Waals surface area contributed by atoms with Crippen molar-refractivity contribution in [3.05, 3.63) is 94.6 Å². The summed E-state index contributed by atoms with van der Waals surface area (Å²) in [7, 11) is 4.30. The number of esters is 1. The van der Waals surface area contributed by atoms with E-state index in [2.05, 4.69) is 0 Å². The zero-order valence-electron chi connectivity index (χ0n) is 21.0. The van der Waals surface area contributed by atoms with E-state index in [1.54, 1.807) is 60.7 Å². The van der Waals surface area contributed by atoms with Crippen LogP contribution in [-0.4, -0.2) is 44.1 Å². The molecule has 0 radical (unpaired) electrons. The van der Waals surface area contributed by atoms with Crippen molar-refractivity contribution < 1.29 is 33.7 Å². The number of rotatable bonds is 7. The van der Waals surface area contributed by atoms with Crippen LogP contribution in [0.1, 0.15) is 28.3 Å². The van der Waals surface area contributed by atoms with E-state index in [1.165, 1.54) is 26.2 Å². The van der Waals surface area contributed by atoms with Gasteiger partial charge in [0.05, 0.1) is 44.9 Å². The van der Waals surface area contributed by atoms with Gasteiger partial charge in [-0.15, -0.1) is 0 Å². The van der Waals surface area contributed by atoms with E-state index in [1.807, 2.05) is 13.0 Å². The summed E-state index contributed by atoms with van der Waals surface area (Å²) in [6.45, 7) is 1.85. The Morgan fingerprint density at radius 2 is 1.68 bits per heavy atom. The Morgan fingerprint density at radius 1 is 0.946 bits per heavy atom. The first kappa shape index (κ1) is 25.5. The molecule has 0 bridgehead atoms. The molecule has 0 aliphatic carbocycles. The van der Waals surface area contributed by atoms with Gasteiger partial charge in [0, 0.05) is 5.69 Å². The Bertz CT molecular complexity index is 1390. The monoisotopic (exact) mass is 501 g/mol. The first-order valence-corrected chi connectivity index (χ1v) is 11.5. The molecule has 0 saturated carbocycles. The fourth-order valence-corrected chi connectivity index (χ4v) is 4.39. The summed E-state index contributed by atoms with van der Waals surface area (Å²) >= 11 is 0. The molecule has 3 aromatic carbocycles. The van der Waals surface area contributed by atoms with Crippen molar-refractivity contribution in [2.45, 2.75) is 19.4 Å². The molecule has 8 heteroatoms. The lowest BCUT2D eigenvalue weighted by Gasteiger charge is -2.26. The molecule has 0 spiro atoms. The SMILES string of the molecule is COC(=O)Cc1ccc(N2C(=O)C(=O)/C(=C(/O)c3cc(C)ccc3OC)C2c2cccc(OC)c2)cc1. The van der Waals surface area contributed by atoms with Gasteiger partial charge in [0.2, 0.25) is 0 Å². The summed E-state index contributed by atoms with van der Waals surface area (Å²) in [4.78, 5) is 39.8. The average Bonchev–Trinajstić information content (AvgIpc) is 3.18. The van der Waals surface area contributed by atoms with Crippen molar-refractivity contribution in [3.63, 3.8) is 0 Å². The van der Waals surface area contributed by atoms with E-state index in [4.69, 9.17) is 14.2 Å². The number of methoxy groups -OCH3 is 3. The van der Waals surface area contributed by atoms with Gasteiger partial charge in [0.15, 0.2) is 0 Å². The van der Waals surface area contributed by atoms with E-state index in [0.717, 1.165) is 5.56 Å². The summed E-state index contributed by atoms with van der Waals surface area (Å²) < 4.78 is 15.5. The molecule has 1 atom stereocenters. The number of carbonyl (C=O) groups excluding carboxylic acids is 3. The summed E-state index contributed by atoms with van der Waals surface area (Å²) in [5.74, 6) is -1.45. The van der Waals surface area contributed by atoms with Crippen LogP contribution < -0.4 is 14.4 Å². The lowest BCUT2D eigenvalue weighted by atomic mass is 9.94.